The van der Waals surface area contributed by atoms with E-state index in [1.54, 1.807) is 10.7 Å². The van der Waals surface area contributed by atoms with Gasteiger partial charge in [0.1, 0.15) is 12.4 Å². The molecule has 2 heterocycles. The first-order valence-electron chi connectivity index (χ1n) is 8.50. The molecular formula is C19H19Cl3N4O2. The van der Waals surface area contributed by atoms with Crippen LogP contribution in [-0.4, -0.2) is 31.3 Å². The Hall–Kier alpha value is -2.02. The van der Waals surface area contributed by atoms with Crippen LogP contribution < -0.4 is 5.32 Å². The van der Waals surface area contributed by atoms with E-state index in [-0.39, 0.29) is 12.0 Å². The third-order valence-corrected chi connectivity index (χ3v) is 4.20. The highest BCUT2D eigenvalue weighted by molar-refractivity contribution is 6.67. The van der Waals surface area contributed by atoms with Gasteiger partial charge in [0.05, 0.1) is 11.2 Å². The van der Waals surface area contributed by atoms with Crippen molar-refractivity contribution >= 4 is 57.6 Å². The number of aromatic nitrogens is 3. The SMILES string of the molecule is CC(C)(C)c1cc(NC(=O)OCC(Cl)(Cl)Cl)n(-c2ccc3ccccc3n2)n1. The standard InChI is InChI=1S/C19H19Cl3N4O2/c1-18(2,3)14-10-16(24-17(27)28-11-19(20,21)22)26(25-14)15-9-8-12-6-4-5-7-13(12)23-15/h4-10H,11H2,1-3H3,(H,24,27). The molecule has 0 fully saturated rings. The predicted octanol–water partition coefficient (Wildman–Crippen LogP) is 5.64. The minimum Gasteiger partial charge on any atom is -0.445 e. The summed E-state index contributed by atoms with van der Waals surface area (Å²) in [7, 11) is 0. The van der Waals surface area contributed by atoms with Crippen LogP contribution in [0.3, 0.4) is 0 Å². The molecule has 0 aliphatic rings. The van der Waals surface area contributed by atoms with Crippen molar-refractivity contribution in [3.63, 3.8) is 0 Å². The molecule has 9 heteroatoms. The number of fused-ring (bicyclic) bond motifs is 1. The summed E-state index contributed by atoms with van der Waals surface area (Å²) >= 11 is 16.9. The van der Waals surface area contributed by atoms with E-state index in [0.29, 0.717) is 11.6 Å². The number of carbonyl (C=O) groups excluding carboxylic acids is 1. The van der Waals surface area contributed by atoms with Gasteiger partial charge >= 0.3 is 6.09 Å². The van der Waals surface area contributed by atoms with Crippen molar-refractivity contribution in [1.29, 1.82) is 0 Å². The number of rotatable bonds is 3. The van der Waals surface area contributed by atoms with Crippen LogP contribution >= 0.6 is 34.8 Å². The van der Waals surface area contributed by atoms with Gasteiger partial charge in [-0.15, -0.1) is 0 Å². The Kier molecular flexibility index (Phi) is 5.75. The van der Waals surface area contributed by atoms with E-state index < -0.39 is 9.89 Å². The molecule has 0 saturated carbocycles. The number of anilines is 1. The lowest BCUT2D eigenvalue weighted by molar-refractivity contribution is 0.163. The normalized spacial score (nSPS) is 12.2. The molecule has 28 heavy (non-hydrogen) atoms. The molecule has 0 spiro atoms. The molecule has 2 aromatic heterocycles. The van der Waals surface area contributed by atoms with Gasteiger partial charge in [0.2, 0.25) is 3.79 Å². The Labute approximate surface area is 177 Å². The third-order valence-electron chi connectivity index (χ3n) is 3.88. The van der Waals surface area contributed by atoms with Gasteiger partial charge in [0.15, 0.2) is 5.82 Å². The summed E-state index contributed by atoms with van der Waals surface area (Å²) in [5.41, 5.74) is 1.36. The average Bonchev–Trinajstić information content (AvgIpc) is 3.03. The summed E-state index contributed by atoms with van der Waals surface area (Å²) in [5, 5.41) is 8.28. The second-order valence-corrected chi connectivity index (χ2v) is 9.77. The molecule has 148 valence electrons. The molecular weight excluding hydrogens is 423 g/mol. The molecule has 0 aliphatic carbocycles. The fourth-order valence-corrected chi connectivity index (χ4v) is 2.64. The molecule has 0 atom stereocenters. The van der Waals surface area contributed by atoms with Crippen molar-refractivity contribution in [3.8, 4) is 5.82 Å². The molecule has 3 rings (SSSR count). The fraction of sp³-hybridized carbons (Fsp3) is 0.316. The van der Waals surface area contributed by atoms with Gasteiger partial charge in [-0.1, -0.05) is 73.8 Å². The number of alkyl halides is 3. The summed E-state index contributed by atoms with van der Waals surface area (Å²) in [4.78, 5) is 16.8. The zero-order chi connectivity index (χ0) is 20.5. The van der Waals surface area contributed by atoms with Gasteiger partial charge < -0.3 is 4.74 Å². The van der Waals surface area contributed by atoms with Gasteiger partial charge in [-0.3, -0.25) is 5.32 Å². The number of hydrogen-bond acceptors (Lipinski definition) is 4. The van der Waals surface area contributed by atoms with Crippen LogP contribution in [0.25, 0.3) is 16.7 Å². The highest BCUT2D eigenvalue weighted by Gasteiger charge is 2.25. The number of halogens is 3. The first-order chi connectivity index (χ1) is 13.0. The molecule has 3 aromatic rings. The number of nitrogens with zero attached hydrogens (tertiary/aromatic N) is 3. The third kappa shape index (κ3) is 5.07. The summed E-state index contributed by atoms with van der Waals surface area (Å²) < 4.78 is 4.83. The quantitative estimate of drug-likeness (QED) is 0.534. The van der Waals surface area contributed by atoms with E-state index in [2.05, 4.69) is 15.4 Å². The maximum absolute atomic E-state index is 12.1. The molecule has 0 unspecified atom stereocenters. The van der Waals surface area contributed by atoms with Crippen LogP contribution in [-0.2, 0) is 10.2 Å². The number of amides is 1. The summed E-state index contributed by atoms with van der Waals surface area (Å²) in [6.45, 7) is 5.70. The van der Waals surface area contributed by atoms with Crippen molar-refractivity contribution in [2.24, 2.45) is 0 Å². The lowest BCUT2D eigenvalue weighted by Gasteiger charge is -2.14. The lowest BCUT2D eigenvalue weighted by atomic mass is 9.92. The second-order valence-electron chi connectivity index (χ2n) is 7.26. The van der Waals surface area contributed by atoms with Crippen LogP contribution in [0.2, 0.25) is 0 Å². The maximum atomic E-state index is 12.1. The molecule has 0 aliphatic heterocycles. The highest BCUT2D eigenvalue weighted by Crippen LogP contribution is 2.28. The van der Waals surface area contributed by atoms with E-state index >= 15 is 0 Å². The number of benzene rings is 1. The molecule has 0 bridgehead atoms. The van der Waals surface area contributed by atoms with Gasteiger partial charge in [0.25, 0.3) is 0 Å². The first-order valence-corrected chi connectivity index (χ1v) is 9.63. The minimum atomic E-state index is -1.69. The maximum Gasteiger partial charge on any atom is 0.412 e. The molecule has 1 N–H and O–H groups in total. The Morgan fingerprint density at radius 1 is 1.14 bits per heavy atom. The van der Waals surface area contributed by atoms with Crippen LogP contribution in [0.5, 0.6) is 0 Å². The number of nitrogens with one attached hydrogen (secondary N) is 1. The van der Waals surface area contributed by atoms with Gasteiger partial charge in [0, 0.05) is 16.9 Å². The second kappa shape index (κ2) is 7.78. The van der Waals surface area contributed by atoms with Crippen molar-refractivity contribution in [1.82, 2.24) is 14.8 Å². The van der Waals surface area contributed by atoms with Crippen LogP contribution in [0.4, 0.5) is 10.6 Å². The number of hydrogen-bond donors (Lipinski definition) is 1. The van der Waals surface area contributed by atoms with E-state index in [1.165, 1.54) is 0 Å². The van der Waals surface area contributed by atoms with Gasteiger partial charge in [-0.05, 0) is 18.2 Å². The fourth-order valence-electron chi connectivity index (χ4n) is 2.47. The number of pyridine rings is 1. The average molecular weight is 442 g/mol. The largest absolute Gasteiger partial charge is 0.445 e. The molecule has 6 nitrogen and oxygen atoms in total. The first kappa shape index (κ1) is 20.7. The Balaban J connectivity index is 1.96. The zero-order valence-corrected chi connectivity index (χ0v) is 17.8. The van der Waals surface area contributed by atoms with Gasteiger partial charge in [-0.25, -0.2) is 9.78 Å². The topological polar surface area (TPSA) is 69.0 Å². The molecule has 1 aromatic carbocycles. The Morgan fingerprint density at radius 2 is 1.86 bits per heavy atom. The van der Waals surface area contributed by atoms with Crippen molar-refractivity contribution in [2.45, 2.75) is 30.0 Å². The van der Waals surface area contributed by atoms with Crippen LogP contribution in [0, 0.1) is 0 Å². The zero-order valence-electron chi connectivity index (χ0n) is 15.5. The van der Waals surface area contributed by atoms with Crippen molar-refractivity contribution in [2.75, 3.05) is 11.9 Å². The number of para-hydroxylation sites is 1. The van der Waals surface area contributed by atoms with Gasteiger partial charge in [-0.2, -0.15) is 9.78 Å². The van der Waals surface area contributed by atoms with E-state index in [4.69, 9.17) is 39.5 Å². The van der Waals surface area contributed by atoms with Crippen molar-refractivity contribution < 1.29 is 9.53 Å². The highest BCUT2D eigenvalue weighted by atomic mass is 35.6. The minimum absolute atomic E-state index is 0.236. The lowest BCUT2D eigenvalue weighted by Crippen LogP contribution is -2.22. The predicted molar refractivity (Wildman–Crippen MR) is 113 cm³/mol. The number of carbonyl (C=O) groups is 1. The molecule has 0 radical (unpaired) electrons. The summed E-state index contributed by atoms with van der Waals surface area (Å²) in [5.74, 6) is 0.966. The Bertz CT molecular complexity index is 1010. The monoisotopic (exact) mass is 440 g/mol. The van der Waals surface area contributed by atoms with E-state index in [1.807, 2.05) is 57.2 Å². The molecule has 0 saturated heterocycles. The van der Waals surface area contributed by atoms with Crippen molar-refractivity contribution in [3.05, 3.63) is 48.2 Å². The van der Waals surface area contributed by atoms with Crippen LogP contribution in [0.15, 0.2) is 42.5 Å². The van der Waals surface area contributed by atoms with Crippen LogP contribution in [0.1, 0.15) is 26.5 Å². The summed E-state index contributed by atoms with van der Waals surface area (Å²) in [6, 6.07) is 13.3. The van der Waals surface area contributed by atoms with E-state index in [0.717, 1.165) is 16.6 Å². The van der Waals surface area contributed by atoms with E-state index in [9.17, 15) is 4.79 Å². The smallest absolute Gasteiger partial charge is 0.412 e. The summed E-state index contributed by atoms with van der Waals surface area (Å²) in [6.07, 6.45) is -0.756. The Morgan fingerprint density at radius 3 is 2.54 bits per heavy atom. The molecule has 1 amide bonds. The number of ether oxygens (including phenoxy) is 1.